The molecule has 0 saturated carbocycles. The number of ether oxygens (including phenoxy) is 2. The molecule has 0 saturated heterocycles. The summed E-state index contributed by atoms with van der Waals surface area (Å²) in [7, 11) is 0. The molecule has 0 bridgehead atoms. The average molecular weight is 288 g/mol. The summed E-state index contributed by atoms with van der Waals surface area (Å²) in [6, 6.07) is 1.88. The molecule has 16 heavy (non-hydrogen) atoms. The number of carbonyl (C=O) groups excluding carboxylic acids is 1. The molecule has 0 aliphatic heterocycles. The zero-order chi connectivity index (χ0) is 12.1. The Morgan fingerprint density at radius 3 is 2.88 bits per heavy atom. The molecule has 0 aliphatic carbocycles. The first-order valence-corrected chi connectivity index (χ1v) is 5.79. The van der Waals surface area contributed by atoms with Crippen LogP contribution in [-0.4, -0.2) is 23.7 Å². The molecular weight excluding hydrogens is 274 g/mol. The van der Waals surface area contributed by atoms with Crippen molar-refractivity contribution in [3.8, 4) is 5.88 Å². The SMILES string of the molecule is CCOC(=O)C(C)Oc1ncc(Br)cc1C. The van der Waals surface area contributed by atoms with E-state index in [1.165, 1.54) is 0 Å². The van der Waals surface area contributed by atoms with Crippen LogP contribution in [0.5, 0.6) is 5.88 Å². The monoisotopic (exact) mass is 287 g/mol. The molecule has 0 amide bonds. The van der Waals surface area contributed by atoms with Gasteiger partial charge < -0.3 is 9.47 Å². The number of hydrogen-bond donors (Lipinski definition) is 0. The van der Waals surface area contributed by atoms with Crippen LogP contribution in [0.15, 0.2) is 16.7 Å². The minimum Gasteiger partial charge on any atom is -0.463 e. The first-order valence-electron chi connectivity index (χ1n) is 5.00. The maximum absolute atomic E-state index is 11.3. The van der Waals surface area contributed by atoms with E-state index in [2.05, 4.69) is 20.9 Å². The van der Waals surface area contributed by atoms with Crippen molar-refractivity contribution in [1.82, 2.24) is 4.98 Å². The predicted octanol–water partition coefficient (Wildman–Crippen LogP) is 2.48. The van der Waals surface area contributed by atoms with Crippen molar-refractivity contribution >= 4 is 21.9 Å². The van der Waals surface area contributed by atoms with Gasteiger partial charge in [0.05, 0.1) is 6.61 Å². The molecule has 1 atom stereocenters. The Bertz CT molecular complexity index is 381. The van der Waals surface area contributed by atoms with Crippen molar-refractivity contribution in [2.75, 3.05) is 6.61 Å². The third-order valence-electron chi connectivity index (χ3n) is 1.90. The summed E-state index contributed by atoms with van der Waals surface area (Å²) in [5, 5.41) is 0. The Morgan fingerprint density at radius 2 is 2.31 bits per heavy atom. The van der Waals surface area contributed by atoms with Crippen LogP contribution in [-0.2, 0) is 9.53 Å². The van der Waals surface area contributed by atoms with E-state index in [1.54, 1.807) is 20.0 Å². The van der Waals surface area contributed by atoms with Gasteiger partial charge in [0.15, 0.2) is 6.10 Å². The van der Waals surface area contributed by atoms with Gasteiger partial charge in [-0.15, -0.1) is 0 Å². The fourth-order valence-corrected chi connectivity index (χ4v) is 1.57. The van der Waals surface area contributed by atoms with Crippen LogP contribution < -0.4 is 4.74 Å². The molecule has 5 heteroatoms. The Labute approximate surface area is 103 Å². The number of carbonyl (C=O) groups is 1. The number of pyridine rings is 1. The Balaban J connectivity index is 2.69. The highest BCUT2D eigenvalue weighted by Gasteiger charge is 2.17. The molecule has 1 rings (SSSR count). The normalized spacial score (nSPS) is 12.0. The van der Waals surface area contributed by atoms with Crippen LogP contribution in [0.25, 0.3) is 0 Å². The van der Waals surface area contributed by atoms with Crippen molar-refractivity contribution in [1.29, 1.82) is 0 Å². The molecule has 0 radical (unpaired) electrons. The highest BCUT2D eigenvalue weighted by Crippen LogP contribution is 2.19. The zero-order valence-corrected chi connectivity index (χ0v) is 11.1. The molecule has 0 fully saturated rings. The van der Waals surface area contributed by atoms with Gasteiger partial charge in [-0.1, -0.05) is 0 Å². The Hall–Kier alpha value is -1.10. The highest BCUT2D eigenvalue weighted by atomic mass is 79.9. The number of nitrogens with zero attached hydrogens (tertiary/aromatic N) is 1. The number of rotatable bonds is 4. The molecule has 0 aliphatic rings. The first kappa shape index (κ1) is 13.0. The second-order valence-corrected chi connectivity index (χ2v) is 4.20. The molecule has 0 N–H and O–H groups in total. The van der Waals surface area contributed by atoms with Gasteiger partial charge in [-0.2, -0.15) is 0 Å². The van der Waals surface area contributed by atoms with Crippen molar-refractivity contribution in [3.63, 3.8) is 0 Å². The Morgan fingerprint density at radius 1 is 1.62 bits per heavy atom. The quantitative estimate of drug-likeness (QED) is 0.799. The molecule has 1 heterocycles. The lowest BCUT2D eigenvalue weighted by Crippen LogP contribution is -2.26. The smallest absolute Gasteiger partial charge is 0.347 e. The maximum atomic E-state index is 11.3. The predicted molar refractivity (Wildman–Crippen MR) is 63.4 cm³/mol. The van der Waals surface area contributed by atoms with Crippen molar-refractivity contribution in [2.45, 2.75) is 26.9 Å². The van der Waals surface area contributed by atoms with E-state index in [4.69, 9.17) is 9.47 Å². The van der Waals surface area contributed by atoms with Crippen LogP contribution in [0.3, 0.4) is 0 Å². The van der Waals surface area contributed by atoms with Gasteiger partial charge in [0.25, 0.3) is 0 Å². The van der Waals surface area contributed by atoms with Gasteiger partial charge >= 0.3 is 5.97 Å². The van der Waals surface area contributed by atoms with Crippen molar-refractivity contribution in [3.05, 3.63) is 22.3 Å². The molecule has 1 unspecified atom stereocenters. The van der Waals surface area contributed by atoms with Gasteiger partial charge in [-0.3, -0.25) is 0 Å². The van der Waals surface area contributed by atoms with Crippen LogP contribution >= 0.6 is 15.9 Å². The summed E-state index contributed by atoms with van der Waals surface area (Å²) < 4.78 is 11.1. The number of esters is 1. The lowest BCUT2D eigenvalue weighted by Gasteiger charge is -2.13. The number of halogens is 1. The van der Waals surface area contributed by atoms with E-state index in [0.29, 0.717) is 12.5 Å². The molecule has 4 nitrogen and oxygen atoms in total. The van der Waals surface area contributed by atoms with Crippen LogP contribution in [0.4, 0.5) is 0 Å². The standard InChI is InChI=1S/C11H14BrNO3/c1-4-15-11(14)8(3)16-10-7(2)5-9(12)6-13-10/h5-6,8H,4H2,1-3H3. The van der Waals surface area contributed by atoms with Crippen molar-refractivity contribution < 1.29 is 14.3 Å². The fourth-order valence-electron chi connectivity index (χ4n) is 1.13. The summed E-state index contributed by atoms with van der Waals surface area (Å²) >= 11 is 3.31. The van der Waals surface area contributed by atoms with Crippen LogP contribution in [0.1, 0.15) is 19.4 Å². The number of aryl methyl sites for hydroxylation is 1. The molecule has 1 aromatic heterocycles. The topological polar surface area (TPSA) is 48.4 Å². The zero-order valence-electron chi connectivity index (χ0n) is 9.49. The van der Waals surface area contributed by atoms with Crippen LogP contribution in [0.2, 0.25) is 0 Å². The van der Waals surface area contributed by atoms with Gasteiger partial charge in [0.2, 0.25) is 5.88 Å². The highest BCUT2D eigenvalue weighted by molar-refractivity contribution is 9.10. The lowest BCUT2D eigenvalue weighted by atomic mass is 10.3. The third kappa shape index (κ3) is 3.48. The summed E-state index contributed by atoms with van der Waals surface area (Å²) in [5.74, 6) is 0.0652. The minimum atomic E-state index is -0.646. The Kier molecular flexibility index (Phi) is 4.73. The van der Waals surface area contributed by atoms with Crippen LogP contribution in [0, 0.1) is 6.92 Å². The third-order valence-corrected chi connectivity index (χ3v) is 2.34. The second-order valence-electron chi connectivity index (χ2n) is 3.29. The van der Waals surface area contributed by atoms with E-state index in [1.807, 2.05) is 13.0 Å². The molecule has 0 aromatic carbocycles. The molecule has 0 spiro atoms. The van der Waals surface area contributed by atoms with E-state index in [9.17, 15) is 4.79 Å². The molecule has 88 valence electrons. The van der Waals surface area contributed by atoms with E-state index in [-0.39, 0.29) is 5.97 Å². The summed E-state index contributed by atoms with van der Waals surface area (Å²) in [6.07, 6.45) is 0.979. The summed E-state index contributed by atoms with van der Waals surface area (Å²) in [5.41, 5.74) is 0.866. The molecule has 1 aromatic rings. The summed E-state index contributed by atoms with van der Waals surface area (Å²) in [4.78, 5) is 15.4. The van der Waals surface area contributed by atoms with E-state index >= 15 is 0 Å². The largest absolute Gasteiger partial charge is 0.463 e. The van der Waals surface area contributed by atoms with E-state index < -0.39 is 6.10 Å². The average Bonchev–Trinajstić information content (AvgIpc) is 2.22. The van der Waals surface area contributed by atoms with Gasteiger partial charge in [-0.05, 0) is 42.8 Å². The maximum Gasteiger partial charge on any atom is 0.347 e. The van der Waals surface area contributed by atoms with Crippen molar-refractivity contribution in [2.24, 2.45) is 0 Å². The van der Waals surface area contributed by atoms with E-state index in [0.717, 1.165) is 10.0 Å². The van der Waals surface area contributed by atoms with Gasteiger partial charge in [-0.25, -0.2) is 9.78 Å². The second kappa shape index (κ2) is 5.84. The lowest BCUT2D eigenvalue weighted by molar-refractivity contribution is -0.150. The first-order chi connectivity index (χ1) is 7.54. The minimum absolute atomic E-state index is 0.347. The fraction of sp³-hybridized carbons (Fsp3) is 0.455. The van der Waals surface area contributed by atoms with Gasteiger partial charge in [0.1, 0.15) is 0 Å². The molecular formula is C11H14BrNO3. The summed E-state index contributed by atoms with van der Waals surface area (Å²) in [6.45, 7) is 5.61. The number of aromatic nitrogens is 1. The number of hydrogen-bond acceptors (Lipinski definition) is 4. The van der Waals surface area contributed by atoms with Gasteiger partial charge in [0, 0.05) is 16.2 Å².